The lowest BCUT2D eigenvalue weighted by molar-refractivity contribution is 0.469. The zero-order valence-electron chi connectivity index (χ0n) is 21.2. The molecule has 0 spiro atoms. The van der Waals surface area contributed by atoms with Crippen LogP contribution in [0.15, 0.2) is 40.0 Å². The van der Waals surface area contributed by atoms with Gasteiger partial charge in [0.05, 0.1) is 21.8 Å². The van der Waals surface area contributed by atoms with Crippen molar-refractivity contribution in [3.8, 4) is 11.6 Å². The quantitative estimate of drug-likeness (QED) is 0.229. The van der Waals surface area contributed by atoms with Gasteiger partial charge < -0.3 is 4.18 Å². The van der Waals surface area contributed by atoms with Crippen LogP contribution in [-0.2, 0) is 10.1 Å². The molecule has 1 heterocycles. The van der Waals surface area contributed by atoms with E-state index < -0.39 is 21.5 Å². The van der Waals surface area contributed by atoms with Gasteiger partial charge in [-0.1, -0.05) is 76.9 Å². The zero-order valence-corrected chi connectivity index (χ0v) is 23.5. The van der Waals surface area contributed by atoms with Gasteiger partial charge in [-0.3, -0.25) is 9.36 Å². The molecule has 2 aromatic carbocycles. The predicted molar refractivity (Wildman–Crippen MR) is 141 cm³/mol. The Morgan fingerprint density at radius 2 is 1.47 bits per heavy atom. The summed E-state index contributed by atoms with van der Waals surface area (Å²) in [6.07, 6.45) is 0. The molecule has 3 aromatic rings. The van der Waals surface area contributed by atoms with Crippen molar-refractivity contribution in [3.63, 3.8) is 0 Å². The van der Waals surface area contributed by atoms with Crippen molar-refractivity contribution in [2.45, 2.75) is 71.1 Å². The molecule has 0 bridgehead atoms. The smallest absolute Gasteiger partial charge is 0.341 e. The first kappa shape index (κ1) is 28.2. The molecular weight excluding hydrogens is 526 g/mol. The molecule has 0 aliphatic heterocycles. The molecule has 3 rings (SSSR count). The summed E-state index contributed by atoms with van der Waals surface area (Å²) in [6.45, 7) is 13.3. The fourth-order valence-electron chi connectivity index (χ4n) is 3.93. The van der Waals surface area contributed by atoms with Gasteiger partial charge in [0.1, 0.15) is 16.5 Å². The van der Waals surface area contributed by atoms with Crippen molar-refractivity contribution in [2.75, 3.05) is 0 Å². The highest BCUT2D eigenvalue weighted by molar-refractivity contribution is 7.87. The van der Waals surface area contributed by atoms with E-state index >= 15 is 0 Å². The Morgan fingerprint density at radius 3 is 1.94 bits per heavy atom. The van der Waals surface area contributed by atoms with E-state index in [2.05, 4.69) is 18.8 Å². The highest BCUT2D eigenvalue weighted by Gasteiger charge is 2.29. The van der Waals surface area contributed by atoms with Crippen molar-refractivity contribution in [1.29, 1.82) is 0 Å². The average Bonchev–Trinajstić information content (AvgIpc) is 2.77. The second-order valence-electron chi connectivity index (χ2n) is 9.54. The second-order valence-corrected chi connectivity index (χ2v) is 11.8. The van der Waals surface area contributed by atoms with Gasteiger partial charge in [0.2, 0.25) is 5.88 Å². The van der Waals surface area contributed by atoms with Gasteiger partial charge in [-0.05, 0) is 53.5 Å². The molecule has 6 nitrogen and oxygen atoms in total. The molecule has 0 unspecified atom stereocenters. The molecule has 36 heavy (non-hydrogen) atoms. The topological polar surface area (TPSA) is 78.3 Å². The predicted octanol–water partition coefficient (Wildman–Crippen LogP) is 7.12. The maximum atomic E-state index is 13.7. The molecule has 0 N–H and O–H groups in total. The number of rotatable bonds is 7. The molecule has 0 fully saturated rings. The van der Waals surface area contributed by atoms with E-state index in [0.29, 0.717) is 11.1 Å². The minimum absolute atomic E-state index is 0.0839. The minimum atomic E-state index is -4.35. The third kappa shape index (κ3) is 5.45. The van der Waals surface area contributed by atoms with Crippen LogP contribution in [0.2, 0.25) is 10.0 Å². The Balaban J connectivity index is 2.15. The molecule has 194 valence electrons. The highest BCUT2D eigenvalue weighted by Crippen LogP contribution is 2.36. The van der Waals surface area contributed by atoms with E-state index in [1.807, 2.05) is 39.8 Å². The summed E-state index contributed by atoms with van der Waals surface area (Å²) >= 11 is 12.0. The number of nitrogens with zero attached hydrogens (tertiary/aromatic N) is 2. The lowest BCUT2D eigenvalue weighted by Gasteiger charge is -2.22. The van der Waals surface area contributed by atoms with Crippen molar-refractivity contribution in [1.82, 2.24) is 9.55 Å². The van der Waals surface area contributed by atoms with E-state index in [4.69, 9.17) is 27.4 Å². The van der Waals surface area contributed by atoms with Crippen LogP contribution in [0, 0.1) is 12.7 Å². The zero-order chi connectivity index (χ0) is 27.1. The number of aromatic nitrogens is 2. The summed E-state index contributed by atoms with van der Waals surface area (Å²) in [6, 6.07) is 7.11. The van der Waals surface area contributed by atoms with E-state index in [0.717, 1.165) is 22.3 Å². The molecule has 0 amide bonds. The van der Waals surface area contributed by atoms with Crippen LogP contribution >= 0.6 is 23.2 Å². The van der Waals surface area contributed by atoms with Gasteiger partial charge in [-0.15, -0.1) is 0 Å². The SMILES string of the molecule is Cc1nc(OS(=O)(=O)c2c(C(C)C)cc(C(C)C)cc2C(C)C)cc(=O)n1-c1ccc(F)c(Cl)c1Cl. The van der Waals surface area contributed by atoms with Gasteiger partial charge in [0.25, 0.3) is 5.56 Å². The van der Waals surface area contributed by atoms with Crippen molar-refractivity contribution >= 4 is 33.3 Å². The number of hydrogen-bond acceptors (Lipinski definition) is 5. The van der Waals surface area contributed by atoms with Crippen LogP contribution in [-0.4, -0.2) is 18.0 Å². The Bertz CT molecular complexity index is 1450. The van der Waals surface area contributed by atoms with Gasteiger partial charge in [0, 0.05) is 0 Å². The van der Waals surface area contributed by atoms with E-state index in [1.54, 1.807) is 0 Å². The Kier molecular flexibility index (Phi) is 8.23. The molecule has 1 aromatic heterocycles. The average molecular weight is 555 g/mol. The molecular formula is C26H29Cl2FN2O4S. The summed E-state index contributed by atoms with van der Waals surface area (Å²) in [5.74, 6) is -1.01. The third-order valence-corrected chi connectivity index (χ3v) is 8.05. The monoisotopic (exact) mass is 554 g/mol. The van der Waals surface area contributed by atoms with E-state index in [1.165, 1.54) is 13.0 Å². The summed E-state index contributed by atoms with van der Waals surface area (Å²) in [5.41, 5.74) is 1.76. The van der Waals surface area contributed by atoms with Gasteiger partial charge in [-0.25, -0.2) is 4.39 Å². The molecule has 0 saturated heterocycles. The lowest BCUT2D eigenvalue weighted by atomic mass is 9.89. The van der Waals surface area contributed by atoms with Crippen molar-refractivity contribution in [3.05, 3.63) is 79.1 Å². The normalized spacial score (nSPS) is 12.1. The first-order valence-electron chi connectivity index (χ1n) is 11.5. The Labute approximate surface area is 221 Å². The molecule has 0 saturated carbocycles. The Morgan fingerprint density at radius 1 is 0.917 bits per heavy atom. The van der Waals surface area contributed by atoms with Gasteiger partial charge in [0.15, 0.2) is 0 Å². The lowest BCUT2D eigenvalue weighted by Crippen LogP contribution is -2.24. The summed E-state index contributed by atoms with van der Waals surface area (Å²) < 4.78 is 47.4. The first-order chi connectivity index (χ1) is 16.7. The Hall–Kier alpha value is -2.42. The number of aryl methyl sites for hydroxylation is 1. The van der Waals surface area contributed by atoms with Crippen LogP contribution in [0.4, 0.5) is 4.39 Å². The third-order valence-electron chi connectivity index (χ3n) is 5.84. The fraction of sp³-hybridized carbons (Fsp3) is 0.385. The summed E-state index contributed by atoms with van der Waals surface area (Å²) in [4.78, 5) is 17.2. The molecule has 0 radical (unpaired) electrons. The number of benzene rings is 2. The van der Waals surface area contributed by atoms with Crippen molar-refractivity contribution < 1.29 is 17.0 Å². The van der Waals surface area contributed by atoms with Crippen LogP contribution < -0.4 is 9.74 Å². The van der Waals surface area contributed by atoms with Crippen LogP contribution in [0.1, 0.15) is 81.8 Å². The maximum Gasteiger partial charge on any atom is 0.341 e. The molecule has 10 heteroatoms. The van der Waals surface area contributed by atoms with Gasteiger partial charge in [-0.2, -0.15) is 13.4 Å². The van der Waals surface area contributed by atoms with E-state index in [-0.39, 0.29) is 50.1 Å². The van der Waals surface area contributed by atoms with E-state index in [9.17, 15) is 17.6 Å². The largest absolute Gasteiger partial charge is 0.358 e. The molecule has 0 aliphatic rings. The first-order valence-corrected chi connectivity index (χ1v) is 13.7. The highest BCUT2D eigenvalue weighted by atomic mass is 35.5. The van der Waals surface area contributed by atoms with Crippen LogP contribution in [0.3, 0.4) is 0 Å². The maximum absolute atomic E-state index is 13.7. The van der Waals surface area contributed by atoms with Crippen molar-refractivity contribution in [2.24, 2.45) is 0 Å². The summed E-state index contributed by atoms with van der Waals surface area (Å²) in [5, 5.41) is -0.506. The van der Waals surface area contributed by atoms with Gasteiger partial charge >= 0.3 is 10.1 Å². The number of hydrogen-bond donors (Lipinski definition) is 0. The van der Waals surface area contributed by atoms with Crippen LogP contribution in [0.5, 0.6) is 5.88 Å². The van der Waals surface area contributed by atoms with Crippen LogP contribution in [0.25, 0.3) is 5.69 Å². The standard InChI is InChI=1S/C26H29Cl2FN2O4S/c1-13(2)17-10-18(14(3)4)26(19(11-17)15(5)6)36(33,34)35-22-12-23(32)31(16(7)30-22)21-9-8-20(29)24(27)25(21)28/h8-15H,1-7H3. The summed E-state index contributed by atoms with van der Waals surface area (Å²) in [7, 11) is -4.35. The molecule has 0 aliphatic carbocycles. The second kappa shape index (κ2) is 10.5. The number of halogens is 3. The fourth-order valence-corrected chi connectivity index (χ4v) is 5.89. The molecule has 0 atom stereocenters. The minimum Gasteiger partial charge on any atom is -0.358 e.